The summed E-state index contributed by atoms with van der Waals surface area (Å²) in [5.74, 6) is -8.68. The molecule has 1 aliphatic heterocycles. The number of fused-ring (bicyclic) bond motifs is 3. The number of carbonyl (C=O) groups is 6. The van der Waals surface area contributed by atoms with E-state index in [1.165, 1.54) is 38.2 Å². The Labute approximate surface area is 373 Å². The number of benzene rings is 2. The number of phenols is 2. The van der Waals surface area contributed by atoms with Crippen molar-refractivity contribution in [1.29, 1.82) is 0 Å². The van der Waals surface area contributed by atoms with Crippen molar-refractivity contribution >= 4 is 41.1 Å². The van der Waals surface area contributed by atoms with E-state index in [4.69, 9.17) is 56.3 Å². The van der Waals surface area contributed by atoms with Crippen molar-refractivity contribution in [2.45, 2.75) is 113 Å². The number of ether oxygens (including phenoxy) is 3. The van der Waals surface area contributed by atoms with Crippen LogP contribution < -0.4 is 15.9 Å². The number of methoxy groups -OCH3 is 1. The number of hydrogen-bond acceptors (Lipinski definition) is 16. The largest absolute Gasteiger partial charge is 2.00 e. The number of rotatable bonds is 9. The maximum absolute atomic E-state index is 13.8. The molecule has 2 aromatic rings. The minimum absolute atomic E-state index is 0. The summed E-state index contributed by atoms with van der Waals surface area (Å²) in [6, 6.07) is 3.36. The average Bonchev–Trinajstić information content (AvgIpc) is 3.20. The summed E-state index contributed by atoms with van der Waals surface area (Å²) in [7, 11) is 1.31. The third-order valence-electron chi connectivity index (χ3n) is 10.7. The molecule has 6 rings (SSSR count). The molecule has 0 radical (unpaired) electrons. The van der Waals surface area contributed by atoms with Crippen LogP contribution in [0.2, 0.25) is 0 Å². The predicted molar refractivity (Wildman–Crippen MR) is 213 cm³/mol. The smallest absolute Gasteiger partial charge is 0.676 e. The fourth-order valence-electron chi connectivity index (χ4n) is 7.43. The number of nitrogens with one attached hydrogen (secondary N) is 3. The Hall–Kier alpha value is -4.94. The third kappa shape index (κ3) is 12.4. The molecule has 4 unspecified atom stereocenters. The number of nitrogens with two attached hydrogens (primary N) is 1. The predicted octanol–water partition coefficient (Wildman–Crippen LogP) is 0.500. The number of ketones is 2. The molecular formula is C39H51N5O18Pt. The number of aliphatic hydroxyl groups is 3. The number of nitrogens with zero attached hydrogens (tertiary/aromatic N) is 1. The summed E-state index contributed by atoms with van der Waals surface area (Å²) in [5, 5.41) is 83.2. The number of amides is 1. The molecule has 1 amide bonds. The van der Waals surface area contributed by atoms with E-state index < -0.39 is 132 Å². The van der Waals surface area contributed by atoms with E-state index in [0.29, 0.717) is 0 Å². The van der Waals surface area contributed by atoms with Gasteiger partial charge in [0.05, 0.1) is 60.9 Å². The van der Waals surface area contributed by atoms with Crippen molar-refractivity contribution in [2.75, 3.05) is 13.7 Å². The first kappa shape index (κ1) is 54.2. The van der Waals surface area contributed by atoms with E-state index in [-0.39, 0.29) is 73.0 Å². The third-order valence-corrected chi connectivity index (χ3v) is 10.7. The van der Waals surface area contributed by atoms with Gasteiger partial charge >= 0.3 is 39.0 Å². The normalized spacial score (nSPS) is 25.9. The molecule has 63 heavy (non-hydrogen) atoms. The van der Waals surface area contributed by atoms with Gasteiger partial charge in [-0.2, -0.15) is 17.2 Å². The number of aliphatic carboxylic acids is 3. The number of carboxylic acids is 3. The van der Waals surface area contributed by atoms with Crippen LogP contribution >= 0.6 is 0 Å². The Kier molecular flexibility index (Phi) is 19.9. The van der Waals surface area contributed by atoms with Crippen LogP contribution in [0.4, 0.5) is 0 Å². The number of hydrogen-bond donors (Lipinski definition) is 10. The molecule has 23 nitrogen and oxygen atoms in total. The van der Waals surface area contributed by atoms with Gasteiger partial charge < -0.3 is 77.7 Å². The van der Waals surface area contributed by atoms with Crippen LogP contribution in [-0.2, 0) is 56.1 Å². The number of aliphatic hydroxyl groups excluding tert-OH is 2. The molecular weight excluding hydrogens is 1020 g/mol. The molecule has 0 aromatic heterocycles. The van der Waals surface area contributed by atoms with E-state index in [1.807, 2.05) is 0 Å². The van der Waals surface area contributed by atoms with E-state index >= 15 is 0 Å². The van der Waals surface area contributed by atoms with Gasteiger partial charge in [-0.15, -0.1) is 0 Å². The van der Waals surface area contributed by atoms with E-state index in [0.717, 1.165) is 12.8 Å². The van der Waals surface area contributed by atoms with E-state index in [2.05, 4.69) is 10.5 Å². The standard InChI is InChI=1S/C31H35N3O13.C6H12N2.C2H2O4.H2O.Pt/c1-12-26(39)15(32)8-21(46-12)47-17-10-31(44,18(11-35)33-34-19(36)6-7-20(37)38)9-14-23(17)30(43)25-24(28(14)41)27(40)13-4-3-5-16(45-2)22(13)29(25)42;7-5-3-1-2-4-6(5)8;3-1(4)2(5)6;;/h3-5,12,15,17,21,26,35,39,41,43-44H,6-11,32H2,1-2H3,(H,34,36)(H,37,38);5-8H,1-4H2;(H,3,4)(H,5,6);1H2;/q;-2;;;+2/t12?,15?,17-,21?,26?,31-;5-,6-;;;/m01.../s1. The summed E-state index contributed by atoms with van der Waals surface area (Å²) in [5.41, 5.74) is 18.5. The zero-order valence-corrected chi connectivity index (χ0v) is 36.2. The van der Waals surface area contributed by atoms with Gasteiger partial charge in [0.2, 0.25) is 11.7 Å². The second-order valence-corrected chi connectivity index (χ2v) is 14.8. The Balaban J connectivity index is 0.000000730. The van der Waals surface area contributed by atoms with Crippen LogP contribution in [0.25, 0.3) is 11.5 Å². The first-order valence-electron chi connectivity index (χ1n) is 19.1. The number of carboxylic acid groups (broad SMARTS) is 3. The van der Waals surface area contributed by atoms with Crippen molar-refractivity contribution in [2.24, 2.45) is 10.8 Å². The van der Waals surface area contributed by atoms with Crippen LogP contribution in [0, 0.1) is 0 Å². The molecule has 8 atom stereocenters. The number of hydrazone groups is 1. The maximum atomic E-state index is 13.8. The summed E-state index contributed by atoms with van der Waals surface area (Å²) in [6.45, 7) is 0.637. The number of aromatic hydroxyl groups is 2. The van der Waals surface area contributed by atoms with Crippen molar-refractivity contribution in [1.82, 2.24) is 5.43 Å². The monoisotopic (exact) mass is 1070 g/mol. The second kappa shape index (κ2) is 23.1. The van der Waals surface area contributed by atoms with Crippen molar-refractivity contribution in [3.05, 3.63) is 63.0 Å². The van der Waals surface area contributed by atoms with Gasteiger partial charge in [0.25, 0.3) is 0 Å². The first-order valence-corrected chi connectivity index (χ1v) is 19.1. The molecule has 15 N–H and O–H groups in total. The van der Waals surface area contributed by atoms with Gasteiger partial charge in [0.1, 0.15) is 22.8 Å². The van der Waals surface area contributed by atoms with Gasteiger partial charge in [-0.3, -0.25) is 19.2 Å². The second-order valence-electron chi connectivity index (χ2n) is 14.8. The van der Waals surface area contributed by atoms with E-state index in [9.17, 15) is 44.7 Å². The zero-order chi connectivity index (χ0) is 45.5. The van der Waals surface area contributed by atoms with Crippen LogP contribution in [0.15, 0.2) is 23.3 Å². The Bertz CT molecular complexity index is 2040. The van der Waals surface area contributed by atoms with Crippen LogP contribution in [-0.4, -0.2) is 143 Å². The molecule has 350 valence electrons. The van der Waals surface area contributed by atoms with Crippen LogP contribution in [0.5, 0.6) is 17.2 Å². The van der Waals surface area contributed by atoms with Gasteiger partial charge in [-0.05, 0) is 13.0 Å². The van der Waals surface area contributed by atoms with Crippen LogP contribution in [0.1, 0.15) is 107 Å². The Morgan fingerprint density at radius 2 is 1.56 bits per heavy atom. The fraction of sp³-hybridized carbons (Fsp3) is 0.513. The molecule has 1 saturated heterocycles. The quantitative estimate of drug-likeness (QED) is 0.0603. The zero-order valence-electron chi connectivity index (χ0n) is 33.9. The Morgan fingerprint density at radius 1 is 0.968 bits per heavy atom. The van der Waals surface area contributed by atoms with Gasteiger partial charge in [0, 0.05) is 48.4 Å². The molecule has 2 fully saturated rings. The molecule has 24 heteroatoms. The summed E-state index contributed by atoms with van der Waals surface area (Å²) >= 11 is 0. The summed E-state index contributed by atoms with van der Waals surface area (Å²) in [4.78, 5) is 68.8. The molecule has 1 heterocycles. The van der Waals surface area contributed by atoms with Crippen LogP contribution in [0.3, 0.4) is 0 Å². The summed E-state index contributed by atoms with van der Waals surface area (Å²) < 4.78 is 17.2. The van der Waals surface area contributed by atoms with Gasteiger partial charge in [-0.1, -0.05) is 37.8 Å². The minimum atomic E-state index is -2.20. The van der Waals surface area contributed by atoms with Crippen molar-refractivity contribution in [3.63, 3.8) is 0 Å². The van der Waals surface area contributed by atoms with Crippen molar-refractivity contribution in [3.8, 4) is 17.2 Å². The topological polar surface area (TPSA) is 421 Å². The number of phenolic OH excluding ortho intramolecular Hbond substituents is 2. The summed E-state index contributed by atoms with van der Waals surface area (Å²) in [6.07, 6.45) is -2.12. The van der Waals surface area contributed by atoms with Gasteiger partial charge in [0.15, 0.2) is 12.1 Å². The van der Waals surface area contributed by atoms with Crippen molar-refractivity contribution < 1.29 is 110 Å². The molecule has 0 spiro atoms. The minimum Gasteiger partial charge on any atom is -0.676 e. The Morgan fingerprint density at radius 3 is 2.06 bits per heavy atom. The molecule has 1 saturated carbocycles. The van der Waals surface area contributed by atoms with E-state index in [1.54, 1.807) is 6.92 Å². The maximum Gasteiger partial charge on any atom is 2.00 e. The first-order chi connectivity index (χ1) is 28.7. The number of carbonyl (C=O) groups excluding carboxylic acids is 3. The average molecular weight is 1070 g/mol. The molecule has 2 aromatic carbocycles. The van der Waals surface area contributed by atoms with Gasteiger partial charge in [-0.25, -0.2) is 15.0 Å². The molecule has 0 bridgehead atoms. The molecule has 4 aliphatic rings. The SMILES string of the molecule is COc1cccc2c1C(=O)c1c(O)c3c(c(O)c1C2=O)C[C@@](O)(C(CO)=NNC(=O)CCC(=O)O)C[C@@H]3OC1CC(N)C(O)C(C)O1.O.O=C(O)C(=O)O.[NH-][C@@H]1CCCC[C@H]1[NH-].[Pt+2]. The fourth-order valence-corrected chi connectivity index (χ4v) is 7.43. The molecule has 3 aliphatic carbocycles.